The minimum Gasteiger partial charge on any atom is -0.481 e. The molecule has 238 valence electrons. The fraction of sp³-hybridized carbons (Fsp3) is 0.517. The number of likely N-dealkylation sites (tertiary alicyclic amines) is 1. The van der Waals surface area contributed by atoms with Crippen molar-refractivity contribution in [1.29, 1.82) is 0 Å². The summed E-state index contributed by atoms with van der Waals surface area (Å²) in [6.07, 6.45) is 0.105. The first-order valence-electron chi connectivity index (χ1n) is 14.5. The molecule has 2 saturated heterocycles. The number of aliphatic carboxylic acids is 1. The molecular weight excluding hydrogens is 605 g/mol. The van der Waals surface area contributed by atoms with Crippen LogP contribution in [-0.2, 0) is 17.5 Å². The minimum atomic E-state index is -4.74. The number of hydrogen-bond acceptors (Lipinski definition) is 9. The fourth-order valence-electron chi connectivity index (χ4n) is 5.90. The first kappa shape index (κ1) is 32.0. The second kappa shape index (κ2) is 13.3. The van der Waals surface area contributed by atoms with E-state index in [9.17, 15) is 22.4 Å². The number of carbonyl (C=O) groups is 1. The van der Waals surface area contributed by atoms with Crippen LogP contribution in [0.1, 0.15) is 49.5 Å². The van der Waals surface area contributed by atoms with E-state index in [0.717, 1.165) is 49.3 Å². The van der Waals surface area contributed by atoms with Gasteiger partial charge in [0.1, 0.15) is 12.1 Å². The van der Waals surface area contributed by atoms with Crippen LogP contribution in [0, 0.1) is 11.6 Å². The number of nitrogens with one attached hydrogen (secondary N) is 1. The van der Waals surface area contributed by atoms with Gasteiger partial charge in [-0.1, -0.05) is 18.3 Å². The van der Waals surface area contributed by atoms with Crippen molar-refractivity contribution in [3.05, 3.63) is 46.6 Å². The van der Waals surface area contributed by atoms with Crippen molar-refractivity contribution < 1.29 is 31.9 Å². The van der Waals surface area contributed by atoms with Gasteiger partial charge >= 0.3 is 12.1 Å². The standard InChI is InChI=1S/C29H34F5N7O2S/c1-3-20-5-4-8-40(20)15-22-25(17-11-18(29(32,33)34)13-19(30)12-17)37-28(44-22)38-26-24(31)27(36-16-35-26)41-10-6-21(14-41)39(2)9-7-23(42)43/h11-13,16,20-21H,3-10,14-15H2,1-2H3,(H,42,43)(H,35,36,37,38)/t20-,21+/m1/s1. The maximum Gasteiger partial charge on any atom is 0.416 e. The van der Waals surface area contributed by atoms with Gasteiger partial charge in [0.25, 0.3) is 0 Å². The van der Waals surface area contributed by atoms with Gasteiger partial charge in [0.2, 0.25) is 5.82 Å². The predicted octanol–water partition coefficient (Wildman–Crippen LogP) is 6.00. The van der Waals surface area contributed by atoms with Gasteiger partial charge in [-0.25, -0.2) is 19.3 Å². The van der Waals surface area contributed by atoms with Crippen LogP contribution < -0.4 is 10.2 Å². The molecule has 0 spiro atoms. The van der Waals surface area contributed by atoms with Crippen LogP contribution in [-0.4, -0.2) is 81.1 Å². The van der Waals surface area contributed by atoms with Gasteiger partial charge in [0.05, 0.1) is 17.7 Å². The second-order valence-corrected chi connectivity index (χ2v) is 12.3. The summed E-state index contributed by atoms with van der Waals surface area (Å²) in [5, 5.41) is 12.1. The molecule has 2 N–H and O–H groups in total. The SMILES string of the molecule is CC[C@@H]1CCCN1Cc1sc(Nc2ncnc(N3CC[C@H](N(C)CCC(=O)O)C3)c2F)nc1-c1cc(F)cc(C(F)(F)F)c1. The van der Waals surface area contributed by atoms with E-state index in [4.69, 9.17) is 5.11 Å². The van der Waals surface area contributed by atoms with Crippen LogP contribution in [0.2, 0.25) is 0 Å². The lowest BCUT2D eigenvalue weighted by Gasteiger charge is -2.24. The number of thiazole rings is 1. The second-order valence-electron chi connectivity index (χ2n) is 11.2. The molecule has 0 aliphatic carbocycles. The van der Waals surface area contributed by atoms with Gasteiger partial charge < -0.3 is 20.2 Å². The molecule has 2 aliphatic rings. The third-order valence-electron chi connectivity index (χ3n) is 8.27. The highest BCUT2D eigenvalue weighted by Gasteiger charge is 2.33. The Hall–Kier alpha value is -3.43. The number of aromatic nitrogens is 3. The molecule has 0 radical (unpaired) electrons. The Morgan fingerprint density at radius 2 is 1.98 bits per heavy atom. The number of carboxylic acid groups (broad SMARTS) is 1. The fourth-order valence-corrected chi connectivity index (χ4v) is 6.90. The summed E-state index contributed by atoms with van der Waals surface area (Å²) in [6.45, 7) is 4.64. The van der Waals surface area contributed by atoms with E-state index in [2.05, 4.69) is 32.1 Å². The van der Waals surface area contributed by atoms with E-state index < -0.39 is 29.3 Å². The molecule has 3 aromatic rings. The molecule has 0 amide bonds. The zero-order valence-corrected chi connectivity index (χ0v) is 25.2. The van der Waals surface area contributed by atoms with Crippen LogP contribution >= 0.6 is 11.3 Å². The summed E-state index contributed by atoms with van der Waals surface area (Å²) in [5.41, 5.74) is -0.925. The predicted molar refractivity (Wildman–Crippen MR) is 157 cm³/mol. The average Bonchev–Trinajstić information content (AvgIpc) is 3.72. The van der Waals surface area contributed by atoms with Gasteiger partial charge in [0, 0.05) is 48.7 Å². The Balaban J connectivity index is 1.42. The molecule has 5 rings (SSSR count). The average molecular weight is 640 g/mol. The molecule has 1 aromatic carbocycles. The lowest BCUT2D eigenvalue weighted by atomic mass is 10.1. The molecule has 0 unspecified atom stereocenters. The number of rotatable bonds is 11. The van der Waals surface area contributed by atoms with Crippen LogP contribution in [0.5, 0.6) is 0 Å². The van der Waals surface area contributed by atoms with E-state index in [1.54, 1.807) is 4.90 Å². The highest BCUT2D eigenvalue weighted by molar-refractivity contribution is 7.16. The molecule has 4 heterocycles. The summed E-state index contributed by atoms with van der Waals surface area (Å²) in [7, 11) is 1.83. The maximum absolute atomic E-state index is 15.8. The van der Waals surface area contributed by atoms with Gasteiger partial charge in [0.15, 0.2) is 16.8 Å². The topological polar surface area (TPSA) is 97.7 Å². The summed E-state index contributed by atoms with van der Waals surface area (Å²) in [4.78, 5) is 30.2. The minimum absolute atomic E-state index is 0.00469. The largest absolute Gasteiger partial charge is 0.481 e. The zero-order valence-electron chi connectivity index (χ0n) is 24.4. The number of benzene rings is 1. The molecule has 0 bridgehead atoms. The molecule has 2 fully saturated rings. The van der Waals surface area contributed by atoms with Crippen molar-refractivity contribution >= 4 is 34.1 Å². The number of alkyl halides is 3. The van der Waals surface area contributed by atoms with E-state index in [1.165, 1.54) is 6.33 Å². The molecule has 44 heavy (non-hydrogen) atoms. The molecule has 2 atom stereocenters. The number of hydrogen-bond donors (Lipinski definition) is 2. The van der Waals surface area contributed by atoms with Crippen LogP contribution in [0.25, 0.3) is 11.3 Å². The molecule has 15 heteroatoms. The first-order valence-corrected chi connectivity index (χ1v) is 15.3. The molecular formula is C29H34F5N7O2S. The van der Waals surface area contributed by atoms with E-state index in [0.29, 0.717) is 49.6 Å². The molecule has 2 aromatic heterocycles. The van der Waals surface area contributed by atoms with Gasteiger partial charge in [-0.2, -0.15) is 17.6 Å². The molecule has 0 saturated carbocycles. The zero-order chi connectivity index (χ0) is 31.6. The summed E-state index contributed by atoms with van der Waals surface area (Å²) in [5.74, 6) is -2.69. The van der Waals surface area contributed by atoms with Crippen molar-refractivity contribution in [3.63, 3.8) is 0 Å². The number of anilines is 3. The number of likely N-dealkylation sites (N-methyl/N-ethyl adjacent to an activating group) is 1. The number of nitrogens with zero attached hydrogens (tertiary/aromatic N) is 6. The molecule has 9 nitrogen and oxygen atoms in total. The van der Waals surface area contributed by atoms with Crippen molar-refractivity contribution in [2.45, 2.75) is 63.8 Å². The number of carboxylic acids is 1. The first-order chi connectivity index (χ1) is 20.9. The lowest BCUT2D eigenvalue weighted by Crippen LogP contribution is -2.36. The highest BCUT2D eigenvalue weighted by Crippen LogP contribution is 2.39. The lowest BCUT2D eigenvalue weighted by molar-refractivity contribution is -0.138. The summed E-state index contributed by atoms with van der Waals surface area (Å²) < 4.78 is 70.8. The molecule has 2 aliphatic heterocycles. The quantitative estimate of drug-likeness (QED) is 0.245. The third-order valence-corrected chi connectivity index (χ3v) is 9.23. The van der Waals surface area contributed by atoms with Crippen LogP contribution in [0.4, 0.5) is 38.7 Å². The Kier molecular flexibility index (Phi) is 9.65. The third kappa shape index (κ3) is 7.26. The normalized spacial score (nSPS) is 19.3. The Morgan fingerprint density at radius 3 is 2.70 bits per heavy atom. The van der Waals surface area contributed by atoms with E-state index >= 15 is 4.39 Å². The van der Waals surface area contributed by atoms with Crippen molar-refractivity contribution in [3.8, 4) is 11.3 Å². The van der Waals surface area contributed by atoms with E-state index in [1.807, 2.05) is 11.9 Å². The Bertz CT molecular complexity index is 1490. The van der Waals surface area contributed by atoms with Gasteiger partial charge in [-0.05, 0) is 57.5 Å². The van der Waals surface area contributed by atoms with Gasteiger partial charge in [-0.3, -0.25) is 9.69 Å². The Labute approximate surface area is 255 Å². The van der Waals surface area contributed by atoms with Gasteiger partial charge in [-0.15, -0.1) is 0 Å². The van der Waals surface area contributed by atoms with Crippen molar-refractivity contribution in [2.75, 3.05) is 43.4 Å². The van der Waals surface area contributed by atoms with Crippen LogP contribution in [0.15, 0.2) is 24.5 Å². The summed E-state index contributed by atoms with van der Waals surface area (Å²) in [6, 6.07) is 2.70. The highest BCUT2D eigenvalue weighted by atomic mass is 32.1. The number of halogens is 5. The van der Waals surface area contributed by atoms with Crippen molar-refractivity contribution in [2.24, 2.45) is 0 Å². The maximum atomic E-state index is 15.8. The van der Waals surface area contributed by atoms with Crippen molar-refractivity contribution in [1.82, 2.24) is 24.8 Å². The van der Waals surface area contributed by atoms with E-state index in [-0.39, 0.29) is 40.5 Å². The smallest absolute Gasteiger partial charge is 0.416 e. The van der Waals surface area contributed by atoms with Crippen LogP contribution in [0.3, 0.4) is 0 Å². The summed E-state index contributed by atoms with van der Waals surface area (Å²) >= 11 is 1.16. The Morgan fingerprint density at radius 1 is 1.18 bits per heavy atom. The monoisotopic (exact) mass is 639 g/mol.